The summed E-state index contributed by atoms with van der Waals surface area (Å²) in [6.45, 7) is 6.09. The van der Waals surface area contributed by atoms with Crippen LogP contribution in [0.3, 0.4) is 0 Å². The van der Waals surface area contributed by atoms with Gasteiger partial charge in [0.15, 0.2) is 0 Å². The third-order valence-corrected chi connectivity index (χ3v) is 2.80. The van der Waals surface area contributed by atoms with Gasteiger partial charge in [-0.25, -0.2) is 9.18 Å². The van der Waals surface area contributed by atoms with Gasteiger partial charge in [-0.1, -0.05) is 20.8 Å². The lowest BCUT2D eigenvalue weighted by molar-refractivity contribution is -0.116. The molecule has 0 saturated heterocycles. The number of hydrogen-bond donors (Lipinski definition) is 3. The summed E-state index contributed by atoms with van der Waals surface area (Å²) in [6, 6.07) is 3.12. The molecule has 0 aliphatic carbocycles. The Hall–Kier alpha value is -1.95. The standard InChI is InChI=1S/C15H21FN2O3/c1-15(2,3)8-9(17)6-13(19)18-10-4-5-12(16)11(7-10)14(20)21/h4-5,7,9H,6,8,17H2,1-3H3,(H,18,19)(H,20,21). The Morgan fingerprint density at radius 2 is 2.00 bits per heavy atom. The van der Waals surface area contributed by atoms with E-state index < -0.39 is 17.3 Å². The Bertz CT molecular complexity index is 538. The summed E-state index contributed by atoms with van der Waals surface area (Å²) in [4.78, 5) is 22.7. The number of carboxylic acids is 1. The van der Waals surface area contributed by atoms with Gasteiger partial charge in [0.2, 0.25) is 5.91 Å². The van der Waals surface area contributed by atoms with Crippen molar-refractivity contribution in [3.05, 3.63) is 29.6 Å². The molecule has 0 radical (unpaired) electrons. The van der Waals surface area contributed by atoms with Crippen LogP contribution in [-0.4, -0.2) is 23.0 Å². The molecule has 0 bridgehead atoms. The molecule has 0 heterocycles. The van der Waals surface area contributed by atoms with Crippen LogP contribution >= 0.6 is 0 Å². The number of rotatable bonds is 5. The first-order valence-corrected chi connectivity index (χ1v) is 6.67. The minimum absolute atomic E-state index is 0.0199. The van der Waals surface area contributed by atoms with Crippen LogP contribution in [0.15, 0.2) is 18.2 Å². The fourth-order valence-electron chi connectivity index (χ4n) is 2.08. The van der Waals surface area contributed by atoms with E-state index in [0.29, 0.717) is 6.42 Å². The van der Waals surface area contributed by atoms with Crippen molar-refractivity contribution in [1.82, 2.24) is 0 Å². The molecule has 1 atom stereocenters. The van der Waals surface area contributed by atoms with Gasteiger partial charge in [0.05, 0.1) is 5.56 Å². The van der Waals surface area contributed by atoms with Gasteiger partial charge in [-0.05, 0) is 30.0 Å². The van der Waals surface area contributed by atoms with Crippen LogP contribution in [0.2, 0.25) is 0 Å². The fourth-order valence-corrected chi connectivity index (χ4v) is 2.08. The Labute approximate surface area is 123 Å². The second-order valence-corrected chi connectivity index (χ2v) is 6.28. The monoisotopic (exact) mass is 296 g/mol. The van der Waals surface area contributed by atoms with E-state index in [-0.39, 0.29) is 29.5 Å². The largest absolute Gasteiger partial charge is 0.478 e. The highest BCUT2D eigenvalue weighted by Crippen LogP contribution is 2.21. The molecular weight excluding hydrogens is 275 g/mol. The Kier molecular flexibility index (Phi) is 5.43. The lowest BCUT2D eigenvalue weighted by atomic mass is 9.87. The molecule has 1 rings (SSSR count). The highest BCUT2D eigenvalue weighted by molar-refractivity contribution is 5.94. The normalized spacial score (nSPS) is 12.8. The highest BCUT2D eigenvalue weighted by atomic mass is 19.1. The molecule has 1 unspecified atom stereocenters. The van der Waals surface area contributed by atoms with Crippen molar-refractivity contribution in [2.75, 3.05) is 5.32 Å². The molecule has 0 aliphatic heterocycles. The smallest absolute Gasteiger partial charge is 0.338 e. The molecule has 0 saturated carbocycles. The quantitative estimate of drug-likeness (QED) is 0.778. The lowest BCUT2D eigenvalue weighted by Crippen LogP contribution is -2.31. The first-order valence-electron chi connectivity index (χ1n) is 6.67. The van der Waals surface area contributed by atoms with Crippen LogP contribution in [0.4, 0.5) is 10.1 Å². The van der Waals surface area contributed by atoms with Crippen LogP contribution in [0.5, 0.6) is 0 Å². The van der Waals surface area contributed by atoms with Crippen LogP contribution in [0.25, 0.3) is 0 Å². The van der Waals surface area contributed by atoms with Crippen molar-refractivity contribution in [1.29, 1.82) is 0 Å². The average molecular weight is 296 g/mol. The number of carbonyl (C=O) groups excluding carboxylic acids is 1. The van der Waals surface area contributed by atoms with Crippen molar-refractivity contribution < 1.29 is 19.1 Å². The van der Waals surface area contributed by atoms with E-state index in [9.17, 15) is 14.0 Å². The van der Waals surface area contributed by atoms with Crippen molar-refractivity contribution in [2.45, 2.75) is 39.7 Å². The first-order chi connectivity index (χ1) is 9.58. The second kappa shape index (κ2) is 6.67. The number of carboxylic acid groups (broad SMARTS) is 1. The molecule has 0 spiro atoms. The zero-order valence-electron chi connectivity index (χ0n) is 12.4. The number of halogens is 1. The molecule has 0 fully saturated rings. The number of nitrogens with two attached hydrogens (primary N) is 1. The average Bonchev–Trinajstić information content (AvgIpc) is 2.28. The summed E-state index contributed by atoms with van der Waals surface area (Å²) in [6.07, 6.45) is 0.807. The molecule has 5 nitrogen and oxygen atoms in total. The third kappa shape index (κ3) is 5.91. The molecular formula is C15H21FN2O3. The highest BCUT2D eigenvalue weighted by Gasteiger charge is 2.18. The molecule has 1 aromatic carbocycles. The van der Waals surface area contributed by atoms with E-state index >= 15 is 0 Å². The number of amides is 1. The van der Waals surface area contributed by atoms with Crippen molar-refractivity contribution >= 4 is 17.6 Å². The van der Waals surface area contributed by atoms with Crippen LogP contribution < -0.4 is 11.1 Å². The molecule has 6 heteroatoms. The number of aromatic carboxylic acids is 1. The summed E-state index contributed by atoms with van der Waals surface area (Å²) in [5, 5.41) is 11.4. The Morgan fingerprint density at radius 1 is 1.38 bits per heavy atom. The Balaban J connectivity index is 2.67. The van der Waals surface area contributed by atoms with Crippen LogP contribution in [0.1, 0.15) is 44.0 Å². The van der Waals surface area contributed by atoms with Gasteiger partial charge in [0.25, 0.3) is 0 Å². The van der Waals surface area contributed by atoms with Crippen LogP contribution in [0, 0.1) is 11.2 Å². The van der Waals surface area contributed by atoms with E-state index in [1.807, 2.05) is 20.8 Å². The zero-order valence-corrected chi connectivity index (χ0v) is 12.4. The minimum Gasteiger partial charge on any atom is -0.478 e. The molecule has 21 heavy (non-hydrogen) atoms. The van der Waals surface area contributed by atoms with Gasteiger partial charge >= 0.3 is 5.97 Å². The number of hydrogen-bond acceptors (Lipinski definition) is 3. The van der Waals surface area contributed by atoms with Crippen molar-refractivity contribution in [3.8, 4) is 0 Å². The first kappa shape index (κ1) is 17.1. The zero-order chi connectivity index (χ0) is 16.2. The number of nitrogens with one attached hydrogen (secondary N) is 1. The number of benzene rings is 1. The molecule has 4 N–H and O–H groups in total. The maximum absolute atomic E-state index is 13.2. The predicted octanol–water partition coefficient (Wildman–Crippen LogP) is 2.62. The van der Waals surface area contributed by atoms with Crippen molar-refractivity contribution in [2.24, 2.45) is 11.1 Å². The van der Waals surface area contributed by atoms with E-state index in [4.69, 9.17) is 10.8 Å². The second-order valence-electron chi connectivity index (χ2n) is 6.28. The summed E-state index contributed by atoms with van der Waals surface area (Å²) in [5.74, 6) is -2.55. The van der Waals surface area contributed by atoms with E-state index in [2.05, 4.69) is 5.32 Å². The maximum Gasteiger partial charge on any atom is 0.338 e. The summed E-state index contributed by atoms with van der Waals surface area (Å²) < 4.78 is 13.2. The molecule has 0 aromatic heterocycles. The van der Waals surface area contributed by atoms with E-state index in [0.717, 1.165) is 12.1 Å². The topological polar surface area (TPSA) is 92.4 Å². The SMILES string of the molecule is CC(C)(C)CC(N)CC(=O)Nc1ccc(F)c(C(=O)O)c1. The van der Waals surface area contributed by atoms with Gasteiger partial charge in [-0.3, -0.25) is 4.79 Å². The van der Waals surface area contributed by atoms with Gasteiger partial charge in [-0.2, -0.15) is 0 Å². The maximum atomic E-state index is 13.2. The summed E-state index contributed by atoms with van der Waals surface area (Å²) in [5.41, 5.74) is 5.68. The fraction of sp³-hybridized carbons (Fsp3) is 0.467. The van der Waals surface area contributed by atoms with Gasteiger partial charge < -0.3 is 16.2 Å². The van der Waals surface area contributed by atoms with Gasteiger partial charge in [0.1, 0.15) is 5.82 Å². The van der Waals surface area contributed by atoms with Gasteiger partial charge in [-0.15, -0.1) is 0 Å². The lowest BCUT2D eigenvalue weighted by Gasteiger charge is -2.22. The van der Waals surface area contributed by atoms with E-state index in [1.165, 1.54) is 6.07 Å². The van der Waals surface area contributed by atoms with Crippen molar-refractivity contribution in [3.63, 3.8) is 0 Å². The predicted molar refractivity (Wildman–Crippen MR) is 78.7 cm³/mol. The molecule has 1 amide bonds. The molecule has 1 aromatic rings. The minimum atomic E-state index is -1.38. The van der Waals surface area contributed by atoms with Crippen LogP contribution in [-0.2, 0) is 4.79 Å². The number of carbonyl (C=O) groups is 2. The third-order valence-electron chi connectivity index (χ3n) is 2.80. The summed E-state index contributed by atoms with van der Waals surface area (Å²) >= 11 is 0. The van der Waals surface area contributed by atoms with E-state index in [1.54, 1.807) is 0 Å². The number of anilines is 1. The molecule has 0 aliphatic rings. The summed E-state index contributed by atoms with van der Waals surface area (Å²) in [7, 11) is 0. The Morgan fingerprint density at radius 3 is 2.52 bits per heavy atom. The molecule has 116 valence electrons. The van der Waals surface area contributed by atoms with Gasteiger partial charge in [0, 0.05) is 18.2 Å².